The van der Waals surface area contributed by atoms with Gasteiger partial charge in [-0.3, -0.25) is 26.9 Å². The first-order chi connectivity index (χ1) is 36.3. The van der Waals surface area contributed by atoms with Crippen molar-refractivity contribution in [2.24, 2.45) is 0 Å². The second-order valence-electron chi connectivity index (χ2n) is 17.7. The summed E-state index contributed by atoms with van der Waals surface area (Å²) < 4.78 is 60.4. The minimum Gasteiger partial charge on any atom is -0.304 e. The third-order valence-corrected chi connectivity index (χ3v) is 13.0. The van der Waals surface area contributed by atoms with E-state index < -0.39 is 23.3 Å². The number of rotatable bonds is 11. The Bertz CT molecular complexity index is 3870. The van der Waals surface area contributed by atoms with Crippen molar-refractivity contribution in [1.82, 2.24) is 24.5 Å². The van der Waals surface area contributed by atoms with E-state index in [1.54, 1.807) is 24.8 Å². The molecule has 12 aromatic rings. The molecule has 3 heterocycles. The van der Waals surface area contributed by atoms with Crippen molar-refractivity contribution in [3.05, 3.63) is 273 Å². The van der Waals surface area contributed by atoms with E-state index >= 15 is 0 Å². The van der Waals surface area contributed by atoms with Crippen molar-refractivity contribution in [3.63, 3.8) is 0 Å². The molecule has 0 aliphatic heterocycles. The minimum atomic E-state index is -0.785. The molecule has 0 bridgehead atoms. The van der Waals surface area contributed by atoms with Crippen molar-refractivity contribution in [3.8, 4) is 112 Å². The summed E-state index contributed by atoms with van der Waals surface area (Å²) in [6.07, 6.45) is 8.61. The maximum atomic E-state index is 15.0. The van der Waals surface area contributed by atoms with Crippen LogP contribution in [0.15, 0.2) is 231 Å². The van der Waals surface area contributed by atoms with Gasteiger partial charge in [0, 0.05) is 53.0 Å². The monoisotopic (exact) mass is 1160 g/mol. The van der Waals surface area contributed by atoms with Gasteiger partial charge in [-0.2, -0.15) is 22.3 Å². The third-order valence-electron chi connectivity index (χ3n) is 13.0. The molecule has 75 heavy (non-hydrogen) atoms. The Hall–Kier alpha value is -9.08. The molecule has 0 fully saturated rings. The topological polar surface area (TPSA) is 48.5 Å². The van der Waals surface area contributed by atoms with Gasteiger partial charge in [0.25, 0.3) is 0 Å². The first-order valence-corrected chi connectivity index (χ1v) is 23.7. The van der Waals surface area contributed by atoms with Gasteiger partial charge in [-0.05, 0) is 108 Å². The molecular formula is C65H38F4IrN5. The molecule has 0 spiro atoms. The van der Waals surface area contributed by atoms with Crippen LogP contribution < -0.4 is 0 Å². The summed E-state index contributed by atoms with van der Waals surface area (Å²) in [5, 5.41) is 8.92. The van der Waals surface area contributed by atoms with Gasteiger partial charge in [-0.1, -0.05) is 140 Å². The van der Waals surface area contributed by atoms with Crippen LogP contribution in [0.25, 0.3) is 112 Å². The third kappa shape index (κ3) is 9.80. The molecule has 0 aliphatic rings. The first-order valence-electron chi connectivity index (χ1n) is 23.7. The van der Waals surface area contributed by atoms with Crippen molar-refractivity contribution in [1.29, 1.82) is 0 Å². The SMILES string of the molecule is Fc1c[c-]c(-n2cc(-c3ccccc3-c3cc(-c4ccccc4-c4ccc(-c5[c-]ccc(-c6ccc(-c7ccccc7)cc6)c5)nc4)cc(-c4ccccc4-c4cnn(-c5[c-]cc(F)cc5F)c4)c3)cn2)c(F)c1.[Ir+3]. The summed E-state index contributed by atoms with van der Waals surface area (Å²) in [6.45, 7) is 0. The second-order valence-corrected chi connectivity index (χ2v) is 17.7. The minimum absolute atomic E-state index is 0. The van der Waals surface area contributed by atoms with E-state index in [1.807, 2.05) is 97.2 Å². The van der Waals surface area contributed by atoms with E-state index in [0.29, 0.717) is 11.1 Å². The fraction of sp³-hybridized carbons (Fsp3) is 0. The van der Waals surface area contributed by atoms with Gasteiger partial charge < -0.3 is 4.98 Å². The summed E-state index contributed by atoms with van der Waals surface area (Å²) in [5.41, 5.74) is 16.5. The van der Waals surface area contributed by atoms with Crippen LogP contribution in [0.3, 0.4) is 0 Å². The maximum Gasteiger partial charge on any atom is 3.00 e. The summed E-state index contributed by atoms with van der Waals surface area (Å²) >= 11 is 0. The van der Waals surface area contributed by atoms with Crippen LogP contribution in [0.4, 0.5) is 17.6 Å². The smallest absolute Gasteiger partial charge is 0.304 e. The molecular weight excluding hydrogens is 1120 g/mol. The van der Waals surface area contributed by atoms with Crippen molar-refractivity contribution in [2.45, 2.75) is 0 Å². The fourth-order valence-corrected chi connectivity index (χ4v) is 9.44. The Morgan fingerprint density at radius 1 is 0.347 bits per heavy atom. The van der Waals surface area contributed by atoms with Crippen LogP contribution >= 0.6 is 0 Å². The van der Waals surface area contributed by atoms with Gasteiger partial charge in [0.15, 0.2) is 0 Å². The number of halogens is 4. The van der Waals surface area contributed by atoms with Crippen LogP contribution in [0, 0.1) is 41.5 Å². The zero-order valence-corrected chi connectivity index (χ0v) is 41.9. The zero-order chi connectivity index (χ0) is 50.1. The predicted octanol–water partition coefficient (Wildman–Crippen LogP) is 16.4. The quantitative estimate of drug-likeness (QED) is 0.0958. The number of hydrogen-bond donors (Lipinski definition) is 0. The zero-order valence-electron chi connectivity index (χ0n) is 39.5. The van der Waals surface area contributed by atoms with E-state index in [2.05, 4.69) is 113 Å². The summed E-state index contributed by atoms with van der Waals surface area (Å²) in [4.78, 5) is 5.00. The predicted molar refractivity (Wildman–Crippen MR) is 284 cm³/mol. The van der Waals surface area contributed by atoms with E-state index in [9.17, 15) is 17.6 Å². The summed E-state index contributed by atoms with van der Waals surface area (Å²) in [7, 11) is 0. The molecule has 0 unspecified atom stereocenters. The molecule has 0 radical (unpaired) electrons. The normalized spacial score (nSPS) is 11.1. The molecule has 9 aromatic carbocycles. The molecule has 0 saturated heterocycles. The number of nitrogens with zero attached hydrogens (tertiary/aromatic N) is 5. The van der Waals surface area contributed by atoms with Gasteiger partial charge in [0.05, 0.1) is 12.4 Å². The molecule has 10 heteroatoms. The van der Waals surface area contributed by atoms with E-state index in [0.717, 1.165) is 108 Å². The molecule has 0 amide bonds. The standard InChI is InChI=1S/C65H38F4N5.Ir/c66-53-26-29-64(61(68)35-53)73-40-51(38-71-73)59-19-8-6-17-57(59)49-32-48(33-50(34-49)58-18-7-9-20-60(58)52-39-72-74(41-52)65-30-27-54(67)36-62(65)69)56-16-5-4-15-55(56)47-25-28-63(70-37-47)46-14-10-13-45(31-46)44-23-21-43(22-24-44)42-11-2-1-3-12-42;/h1-13,15-28,31-41H;/q-3;+3. The Labute approximate surface area is 444 Å². The fourth-order valence-electron chi connectivity index (χ4n) is 9.44. The molecule has 12 rings (SSSR count). The maximum absolute atomic E-state index is 15.0. The number of hydrogen-bond acceptors (Lipinski definition) is 3. The van der Waals surface area contributed by atoms with Crippen LogP contribution in [0.2, 0.25) is 0 Å². The Morgan fingerprint density at radius 2 is 0.760 bits per heavy atom. The number of aromatic nitrogens is 5. The second kappa shape index (κ2) is 20.8. The Balaban J connectivity index is 0.00000602. The van der Waals surface area contributed by atoms with Gasteiger partial charge >= 0.3 is 20.1 Å². The first kappa shape index (κ1) is 48.2. The largest absolute Gasteiger partial charge is 3.00 e. The average Bonchev–Trinajstić information content (AvgIpc) is 4.15. The van der Waals surface area contributed by atoms with Crippen molar-refractivity contribution < 1.29 is 37.7 Å². The summed E-state index contributed by atoms with van der Waals surface area (Å²) in [5.74, 6) is -3.03. The van der Waals surface area contributed by atoms with E-state index in [4.69, 9.17) is 4.98 Å². The van der Waals surface area contributed by atoms with Crippen LogP contribution in [0.5, 0.6) is 0 Å². The molecule has 5 nitrogen and oxygen atoms in total. The Morgan fingerprint density at radius 3 is 1.21 bits per heavy atom. The van der Waals surface area contributed by atoms with Crippen LogP contribution in [-0.4, -0.2) is 24.5 Å². The van der Waals surface area contributed by atoms with Gasteiger partial charge in [-0.25, -0.2) is 0 Å². The Kier molecular flexibility index (Phi) is 13.4. The van der Waals surface area contributed by atoms with E-state index in [1.165, 1.54) is 14.9 Å². The molecule has 0 aliphatic carbocycles. The molecule has 360 valence electrons. The number of pyridine rings is 1. The van der Waals surface area contributed by atoms with Gasteiger partial charge in [0.2, 0.25) is 0 Å². The number of benzene rings is 9. The van der Waals surface area contributed by atoms with Crippen molar-refractivity contribution >= 4 is 0 Å². The molecule has 0 atom stereocenters. The van der Waals surface area contributed by atoms with Crippen molar-refractivity contribution in [2.75, 3.05) is 0 Å². The van der Waals surface area contributed by atoms with Gasteiger partial charge in [-0.15, -0.1) is 59.7 Å². The van der Waals surface area contributed by atoms with Crippen LogP contribution in [0.1, 0.15) is 0 Å². The molecule has 0 saturated carbocycles. The van der Waals surface area contributed by atoms with Crippen LogP contribution in [-0.2, 0) is 20.1 Å². The molecule has 0 N–H and O–H groups in total. The average molecular weight is 1160 g/mol. The summed E-state index contributed by atoms with van der Waals surface area (Å²) in [6, 6.07) is 72.1. The molecule has 3 aromatic heterocycles. The van der Waals surface area contributed by atoms with E-state index in [-0.39, 0.29) is 31.5 Å². The van der Waals surface area contributed by atoms with Gasteiger partial charge in [0.1, 0.15) is 0 Å².